The van der Waals surface area contributed by atoms with Gasteiger partial charge in [0, 0.05) is 25.0 Å². The van der Waals surface area contributed by atoms with Gasteiger partial charge in [-0.1, -0.05) is 6.07 Å². The summed E-state index contributed by atoms with van der Waals surface area (Å²) in [4.78, 5) is 24.3. The van der Waals surface area contributed by atoms with E-state index in [1.165, 1.54) is 6.07 Å². The minimum Gasteiger partial charge on any atom is -0.454 e. The Hall–Kier alpha value is -3.73. The van der Waals surface area contributed by atoms with Crippen LogP contribution in [0.15, 0.2) is 43.0 Å². The number of ether oxygens (including phenoxy) is 2. The fourth-order valence-corrected chi connectivity index (χ4v) is 3.88. The topological polar surface area (TPSA) is 117 Å². The predicted molar refractivity (Wildman–Crippen MR) is 106 cm³/mol. The second-order valence-electron chi connectivity index (χ2n) is 6.27. The number of fused-ring (bicyclic) bond motifs is 2. The third-order valence-electron chi connectivity index (χ3n) is 4.43. The highest BCUT2D eigenvalue weighted by atomic mass is 32.1. The van der Waals surface area contributed by atoms with Crippen LogP contribution in [0.1, 0.15) is 5.56 Å². The van der Waals surface area contributed by atoms with Gasteiger partial charge in [-0.15, -0.1) is 0 Å². The van der Waals surface area contributed by atoms with Crippen molar-refractivity contribution in [3.8, 4) is 17.4 Å². The van der Waals surface area contributed by atoms with Gasteiger partial charge in [-0.05, 0) is 35.5 Å². The normalized spacial score (nSPS) is 12.4. The fourth-order valence-electron chi connectivity index (χ4n) is 3.04. The van der Waals surface area contributed by atoms with E-state index in [-0.39, 0.29) is 11.8 Å². The molecule has 1 N–H and O–H groups in total. The molecule has 0 atom stereocenters. The monoisotopic (exact) mass is 410 g/mol. The maximum absolute atomic E-state index is 11.2. The molecule has 146 valence electrons. The minimum atomic E-state index is -0.417. The van der Waals surface area contributed by atoms with Crippen LogP contribution < -0.4 is 14.8 Å². The number of anilines is 1. The molecule has 29 heavy (non-hydrogen) atoms. The summed E-state index contributed by atoms with van der Waals surface area (Å²) in [6, 6.07) is 7.32. The Labute approximate surface area is 167 Å². The van der Waals surface area contributed by atoms with E-state index in [2.05, 4.69) is 20.3 Å². The van der Waals surface area contributed by atoms with Crippen LogP contribution in [0.3, 0.4) is 0 Å². The van der Waals surface area contributed by atoms with Crippen LogP contribution in [-0.2, 0) is 6.42 Å². The van der Waals surface area contributed by atoms with E-state index in [4.69, 9.17) is 9.47 Å². The minimum absolute atomic E-state index is 0.0240. The molecule has 4 heterocycles. The van der Waals surface area contributed by atoms with E-state index in [1.807, 2.05) is 18.2 Å². The summed E-state index contributed by atoms with van der Waals surface area (Å²) in [5.74, 6) is 2.43. The summed E-state index contributed by atoms with van der Waals surface area (Å²) >= 11 is 1.02. The average Bonchev–Trinajstić information content (AvgIpc) is 3.46. The van der Waals surface area contributed by atoms with Crippen LogP contribution in [0.25, 0.3) is 16.2 Å². The van der Waals surface area contributed by atoms with Crippen LogP contribution in [0.4, 0.5) is 10.8 Å². The van der Waals surface area contributed by atoms with Crippen molar-refractivity contribution in [1.82, 2.24) is 19.5 Å². The zero-order chi connectivity index (χ0) is 19.8. The molecule has 5 rings (SSSR count). The van der Waals surface area contributed by atoms with Crippen molar-refractivity contribution in [2.24, 2.45) is 0 Å². The summed E-state index contributed by atoms with van der Waals surface area (Å²) in [6.07, 6.45) is 5.64. The number of hydrogen-bond donors (Lipinski definition) is 1. The quantitative estimate of drug-likeness (QED) is 0.380. The molecule has 0 saturated heterocycles. The van der Waals surface area contributed by atoms with Crippen molar-refractivity contribution in [2.45, 2.75) is 6.42 Å². The number of benzene rings is 1. The molecule has 0 unspecified atom stereocenters. The van der Waals surface area contributed by atoms with E-state index in [1.54, 1.807) is 23.3 Å². The van der Waals surface area contributed by atoms with Gasteiger partial charge in [0.1, 0.15) is 17.0 Å². The summed E-state index contributed by atoms with van der Waals surface area (Å²) in [6.45, 7) is 0.822. The molecule has 0 radical (unpaired) electrons. The lowest BCUT2D eigenvalue weighted by atomic mass is 10.1. The van der Waals surface area contributed by atoms with Gasteiger partial charge in [0.2, 0.25) is 12.7 Å². The second-order valence-corrected chi connectivity index (χ2v) is 7.28. The molecule has 10 nitrogen and oxygen atoms in total. The third-order valence-corrected chi connectivity index (χ3v) is 5.41. The number of nitrogens with one attached hydrogen (secondary N) is 1. The van der Waals surface area contributed by atoms with Gasteiger partial charge < -0.3 is 14.8 Å². The van der Waals surface area contributed by atoms with Gasteiger partial charge in [-0.25, -0.2) is 9.97 Å². The molecule has 3 aromatic heterocycles. The van der Waals surface area contributed by atoms with Crippen molar-refractivity contribution in [3.05, 3.63) is 58.7 Å². The summed E-state index contributed by atoms with van der Waals surface area (Å²) < 4.78 is 12.4. The van der Waals surface area contributed by atoms with E-state index in [0.29, 0.717) is 28.5 Å². The Kier molecular flexibility index (Phi) is 4.21. The Balaban J connectivity index is 1.42. The van der Waals surface area contributed by atoms with Gasteiger partial charge in [-0.2, -0.15) is 4.98 Å². The number of hydrogen-bond acceptors (Lipinski definition) is 9. The highest BCUT2D eigenvalue weighted by molar-refractivity contribution is 7.21. The van der Waals surface area contributed by atoms with Crippen LogP contribution in [0.2, 0.25) is 0 Å². The third kappa shape index (κ3) is 3.31. The molecule has 0 fully saturated rings. The molecule has 4 aromatic rings. The van der Waals surface area contributed by atoms with Gasteiger partial charge >= 0.3 is 5.00 Å². The number of rotatable bonds is 6. The lowest BCUT2D eigenvalue weighted by Crippen LogP contribution is -2.09. The molecular formula is C18H14N6O4S. The van der Waals surface area contributed by atoms with E-state index < -0.39 is 4.92 Å². The van der Waals surface area contributed by atoms with Gasteiger partial charge in [0.15, 0.2) is 11.5 Å². The Morgan fingerprint density at radius 3 is 2.97 bits per heavy atom. The molecule has 1 aliphatic heterocycles. The van der Waals surface area contributed by atoms with Crippen LogP contribution in [0, 0.1) is 10.1 Å². The molecule has 1 aliphatic rings. The largest absolute Gasteiger partial charge is 0.454 e. The maximum Gasteiger partial charge on any atom is 0.326 e. The van der Waals surface area contributed by atoms with Crippen LogP contribution >= 0.6 is 11.3 Å². The number of nitrogens with zero attached hydrogens (tertiary/aromatic N) is 5. The van der Waals surface area contributed by atoms with Crippen molar-refractivity contribution in [2.75, 3.05) is 18.7 Å². The smallest absolute Gasteiger partial charge is 0.326 e. The molecular weight excluding hydrogens is 396 g/mol. The van der Waals surface area contributed by atoms with Crippen molar-refractivity contribution < 1.29 is 14.4 Å². The lowest BCUT2D eigenvalue weighted by molar-refractivity contribution is -0.380. The van der Waals surface area contributed by atoms with E-state index in [9.17, 15) is 10.1 Å². The fraction of sp³-hybridized carbons (Fsp3) is 0.167. The standard InChI is InChI=1S/C18H14N6O4S/c25-24(26)15-8-12-16(21-18(22-17(12)29-15)23-6-5-19-9-23)20-4-3-11-1-2-13-14(7-11)28-10-27-13/h1-2,5-9H,3-4,10H2,(H,20,21,22). The summed E-state index contributed by atoms with van der Waals surface area (Å²) in [7, 11) is 0. The van der Waals surface area contributed by atoms with Crippen LogP contribution in [0.5, 0.6) is 11.5 Å². The highest BCUT2D eigenvalue weighted by Crippen LogP contribution is 2.35. The molecule has 0 bridgehead atoms. The maximum atomic E-state index is 11.2. The molecule has 1 aromatic carbocycles. The first-order valence-electron chi connectivity index (χ1n) is 8.74. The second kappa shape index (κ2) is 7.02. The van der Waals surface area contributed by atoms with Gasteiger partial charge in [0.25, 0.3) is 0 Å². The first-order chi connectivity index (χ1) is 14.2. The molecule has 0 amide bonds. The van der Waals surface area contributed by atoms with Gasteiger partial charge in [-0.3, -0.25) is 14.7 Å². The Morgan fingerprint density at radius 2 is 2.14 bits per heavy atom. The highest BCUT2D eigenvalue weighted by Gasteiger charge is 2.18. The zero-order valence-electron chi connectivity index (χ0n) is 14.9. The number of aromatic nitrogens is 4. The van der Waals surface area contributed by atoms with Crippen molar-refractivity contribution >= 4 is 32.4 Å². The zero-order valence-corrected chi connectivity index (χ0v) is 15.8. The lowest BCUT2D eigenvalue weighted by Gasteiger charge is -2.09. The molecule has 0 aliphatic carbocycles. The summed E-state index contributed by atoms with van der Waals surface area (Å²) in [5, 5.41) is 15.1. The van der Waals surface area contributed by atoms with E-state index in [0.717, 1.165) is 34.8 Å². The number of thiophene rings is 1. The van der Waals surface area contributed by atoms with E-state index >= 15 is 0 Å². The van der Waals surface area contributed by atoms with Crippen molar-refractivity contribution in [3.63, 3.8) is 0 Å². The molecule has 0 saturated carbocycles. The Morgan fingerprint density at radius 1 is 1.24 bits per heavy atom. The summed E-state index contributed by atoms with van der Waals surface area (Å²) in [5.41, 5.74) is 1.08. The first kappa shape index (κ1) is 17.4. The molecule has 11 heteroatoms. The number of nitro groups is 1. The van der Waals surface area contributed by atoms with Crippen LogP contribution in [-0.4, -0.2) is 37.8 Å². The predicted octanol–water partition coefficient (Wildman–Crippen LogP) is 3.17. The Bertz CT molecular complexity index is 1210. The van der Waals surface area contributed by atoms with Gasteiger partial charge in [0.05, 0.1) is 10.3 Å². The average molecular weight is 410 g/mol. The first-order valence-corrected chi connectivity index (χ1v) is 9.56. The SMILES string of the molecule is O=[N+]([O-])c1cc2c(NCCc3ccc4c(c3)OCO4)nc(-n3ccnc3)nc2s1. The van der Waals surface area contributed by atoms with Crippen molar-refractivity contribution in [1.29, 1.82) is 0 Å². The number of imidazole rings is 1. The molecule has 0 spiro atoms.